The smallest absolute Gasteiger partial charge is 0.322 e. The Bertz CT molecular complexity index is 202. The average Bonchev–Trinajstić information content (AvgIpc) is 2.19. The van der Waals surface area contributed by atoms with Crippen LogP contribution in [0.25, 0.3) is 0 Å². The van der Waals surface area contributed by atoms with Gasteiger partial charge in [0.15, 0.2) is 0 Å². The zero-order valence-corrected chi connectivity index (χ0v) is 12.3. The summed E-state index contributed by atoms with van der Waals surface area (Å²) in [6.07, 6.45) is 0. The number of rotatable bonds is 4. The molecule has 5 nitrogen and oxygen atoms in total. The van der Waals surface area contributed by atoms with Gasteiger partial charge in [-0.3, -0.25) is 9.69 Å². The minimum Gasteiger partial charge on any atom is -0.480 e. The molecule has 0 bridgehead atoms. The summed E-state index contributed by atoms with van der Waals surface area (Å²) in [7, 11) is 0. The molecule has 17 heavy (non-hydrogen) atoms. The Kier molecular flexibility index (Phi) is 14.9. The third-order valence-electron chi connectivity index (χ3n) is 2.80. The molecule has 1 saturated heterocycles. The van der Waals surface area contributed by atoms with Gasteiger partial charge in [-0.1, -0.05) is 6.92 Å². The Hall–Kier alpha value is 0.220. The zero-order valence-electron chi connectivity index (χ0n) is 9.87. The lowest BCUT2D eigenvalue weighted by Gasteiger charge is -2.36. The maximum Gasteiger partial charge on any atom is 0.322 e. The first-order valence-corrected chi connectivity index (χ1v) is 5.08. The summed E-state index contributed by atoms with van der Waals surface area (Å²) in [5.74, 6) is -0.808. The number of hydrogen-bond donors (Lipinski definition) is 2. The van der Waals surface area contributed by atoms with Crippen molar-refractivity contribution in [2.24, 2.45) is 5.73 Å². The maximum absolute atomic E-state index is 10.8. The van der Waals surface area contributed by atoms with Crippen LogP contribution in [0.1, 0.15) is 6.92 Å². The van der Waals surface area contributed by atoms with Gasteiger partial charge < -0.3 is 15.7 Å². The first kappa shape index (κ1) is 22.4. The Labute approximate surface area is 121 Å². The lowest BCUT2D eigenvalue weighted by atomic mass is 10.2. The van der Waals surface area contributed by atoms with Gasteiger partial charge in [0.2, 0.25) is 0 Å². The van der Waals surface area contributed by atoms with E-state index in [2.05, 4.69) is 11.8 Å². The average molecular weight is 311 g/mol. The van der Waals surface area contributed by atoms with Crippen molar-refractivity contribution < 1.29 is 9.90 Å². The van der Waals surface area contributed by atoms with Crippen molar-refractivity contribution in [3.63, 3.8) is 0 Å². The normalized spacial score (nSPS) is 18.2. The van der Waals surface area contributed by atoms with E-state index in [9.17, 15) is 4.79 Å². The number of nitrogens with two attached hydrogens (primary N) is 1. The minimum atomic E-state index is -0.808. The van der Waals surface area contributed by atoms with Gasteiger partial charge in [0, 0.05) is 32.7 Å². The Morgan fingerprint density at radius 3 is 2.00 bits per heavy atom. The molecule has 0 aromatic heterocycles. The van der Waals surface area contributed by atoms with Crippen LogP contribution in [-0.2, 0) is 4.79 Å². The van der Waals surface area contributed by atoms with Crippen LogP contribution >= 0.6 is 37.2 Å². The molecule has 0 spiro atoms. The molecule has 0 aliphatic carbocycles. The molecular formula is C9H22Cl3N3O2. The molecule has 0 radical (unpaired) electrons. The zero-order chi connectivity index (χ0) is 10.6. The summed E-state index contributed by atoms with van der Waals surface area (Å²) in [5, 5.41) is 8.91. The number of likely N-dealkylation sites (N-methyl/N-ethyl adjacent to an activating group) is 1. The van der Waals surface area contributed by atoms with Gasteiger partial charge in [0.25, 0.3) is 0 Å². The summed E-state index contributed by atoms with van der Waals surface area (Å²) in [5.41, 5.74) is 5.44. The van der Waals surface area contributed by atoms with E-state index >= 15 is 0 Å². The molecule has 8 heteroatoms. The lowest BCUT2D eigenvalue weighted by molar-refractivity contribution is -0.143. The van der Waals surface area contributed by atoms with Crippen molar-refractivity contribution in [1.29, 1.82) is 0 Å². The fourth-order valence-electron chi connectivity index (χ4n) is 1.80. The van der Waals surface area contributed by atoms with Gasteiger partial charge in [-0.25, -0.2) is 0 Å². The predicted octanol–water partition coefficient (Wildman–Crippen LogP) is 0.301. The lowest BCUT2D eigenvalue weighted by Crippen LogP contribution is -2.54. The number of halogens is 3. The van der Waals surface area contributed by atoms with Crippen molar-refractivity contribution in [2.75, 3.05) is 39.3 Å². The first-order chi connectivity index (χ1) is 6.69. The van der Waals surface area contributed by atoms with Crippen LogP contribution in [0, 0.1) is 0 Å². The summed E-state index contributed by atoms with van der Waals surface area (Å²) < 4.78 is 0. The third-order valence-corrected chi connectivity index (χ3v) is 2.80. The predicted molar refractivity (Wildman–Crippen MR) is 75.9 cm³/mol. The van der Waals surface area contributed by atoms with E-state index in [-0.39, 0.29) is 43.8 Å². The van der Waals surface area contributed by atoms with Gasteiger partial charge in [-0.15, -0.1) is 37.2 Å². The molecule has 1 heterocycles. The van der Waals surface area contributed by atoms with Gasteiger partial charge >= 0.3 is 5.97 Å². The van der Waals surface area contributed by atoms with E-state index in [0.717, 1.165) is 32.7 Å². The summed E-state index contributed by atoms with van der Waals surface area (Å²) in [4.78, 5) is 15.1. The number of hydrogen-bond acceptors (Lipinski definition) is 4. The second kappa shape index (κ2) is 11.3. The van der Waals surface area contributed by atoms with Crippen LogP contribution in [-0.4, -0.2) is 66.2 Å². The molecule has 1 aliphatic rings. The Morgan fingerprint density at radius 2 is 1.71 bits per heavy atom. The third kappa shape index (κ3) is 6.64. The quantitative estimate of drug-likeness (QED) is 0.782. The van der Waals surface area contributed by atoms with E-state index in [4.69, 9.17) is 10.8 Å². The first-order valence-electron chi connectivity index (χ1n) is 5.08. The Balaban J connectivity index is -0.000000653. The SMILES string of the molecule is CCN1CCN(C(CN)C(=O)O)CC1.Cl.Cl.Cl. The molecule has 1 aliphatic heterocycles. The molecule has 1 atom stereocenters. The summed E-state index contributed by atoms with van der Waals surface area (Å²) >= 11 is 0. The van der Waals surface area contributed by atoms with Crippen LogP contribution in [0.3, 0.4) is 0 Å². The maximum atomic E-state index is 10.8. The van der Waals surface area contributed by atoms with Crippen molar-refractivity contribution in [3.8, 4) is 0 Å². The van der Waals surface area contributed by atoms with Crippen LogP contribution in [0.4, 0.5) is 0 Å². The highest BCUT2D eigenvalue weighted by Gasteiger charge is 2.26. The van der Waals surface area contributed by atoms with Gasteiger partial charge in [-0.2, -0.15) is 0 Å². The standard InChI is InChI=1S/C9H19N3O2.3ClH/c1-2-11-3-5-12(6-4-11)8(7-10)9(13)14;;;/h8H,2-7,10H2,1H3,(H,13,14);3*1H. The molecule has 3 N–H and O–H groups in total. The molecular weight excluding hydrogens is 288 g/mol. The highest BCUT2D eigenvalue weighted by atomic mass is 35.5. The topological polar surface area (TPSA) is 69.8 Å². The van der Waals surface area contributed by atoms with Crippen LogP contribution in [0.15, 0.2) is 0 Å². The molecule has 1 rings (SSSR count). The van der Waals surface area contributed by atoms with E-state index < -0.39 is 12.0 Å². The molecule has 1 fully saturated rings. The van der Waals surface area contributed by atoms with Gasteiger partial charge in [0.1, 0.15) is 6.04 Å². The molecule has 1 unspecified atom stereocenters. The largest absolute Gasteiger partial charge is 0.480 e. The number of carboxylic acids is 1. The van der Waals surface area contributed by atoms with E-state index in [0.29, 0.717) is 0 Å². The molecule has 0 aromatic carbocycles. The van der Waals surface area contributed by atoms with Crippen molar-refractivity contribution >= 4 is 43.2 Å². The second-order valence-corrected chi connectivity index (χ2v) is 3.56. The van der Waals surface area contributed by atoms with E-state index in [1.54, 1.807) is 0 Å². The number of carbonyl (C=O) groups is 1. The molecule has 0 amide bonds. The van der Waals surface area contributed by atoms with Crippen molar-refractivity contribution in [3.05, 3.63) is 0 Å². The fourth-order valence-corrected chi connectivity index (χ4v) is 1.80. The molecule has 106 valence electrons. The minimum absolute atomic E-state index is 0. The summed E-state index contributed by atoms with van der Waals surface area (Å²) in [6, 6.07) is -0.506. The second-order valence-electron chi connectivity index (χ2n) is 3.56. The van der Waals surface area contributed by atoms with E-state index in [1.165, 1.54) is 0 Å². The molecule has 0 saturated carbocycles. The number of carboxylic acid groups (broad SMARTS) is 1. The van der Waals surface area contributed by atoms with Gasteiger partial charge in [0.05, 0.1) is 0 Å². The Morgan fingerprint density at radius 1 is 1.24 bits per heavy atom. The molecule has 0 aromatic rings. The highest BCUT2D eigenvalue weighted by molar-refractivity contribution is 5.86. The number of piperazine rings is 1. The number of nitrogens with zero attached hydrogens (tertiary/aromatic N) is 2. The van der Waals surface area contributed by atoms with Crippen molar-refractivity contribution in [2.45, 2.75) is 13.0 Å². The fraction of sp³-hybridized carbons (Fsp3) is 0.889. The van der Waals surface area contributed by atoms with Crippen molar-refractivity contribution in [1.82, 2.24) is 9.80 Å². The van der Waals surface area contributed by atoms with Crippen LogP contribution < -0.4 is 5.73 Å². The number of aliphatic carboxylic acids is 1. The monoisotopic (exact) mass is 309 g/mol. The van der Waals surface area contributed by atoms with Crippen LogP contribution in [0.5, 0.6) is 0 Å². The van der Waals surface area contributed by atoms with Crippen LogP contribution in [0.2, 0.25) is 0 Å². The van der Waals surface area contributed by atoms with E-state index in [1.807, 2.05) is 4.90 Å². The summed E-state index contributed by atoms with van der Waals surface area (Å²) in [6.45, 7) is 6.85. The highest BCUT2D eigenvalue weighted by Crippen LogP contribution is 2.05. The van der Waals surface area contributed by atoms with Gasteiger partial charge in [-0.05, 0) is 6.54 Å².